The summed E-state index contributed by atoms with van der Waals surface area (Å²) in [5.74, 6) is -0.242. The van der Waals surface area contributed by atoms with Gasteiger partial charge in [0.25, 0.3) is 5.91 Å². The Balaban J connectivity index is 2.71. The second kappa shape index (κ2) is 6.79. The number of hydrogen-bond donors (Lipinski definition) is 0. The van der Waals surface area contributed by atoms with E-state index in [9.17, 15) is 4.79 Å². The lowest BCUT2D eigenvalue weighted by atomic mass is 10.3. The molecule has 0 fully saturated rings. The zero-order chi connectivity index (χ0) is 12.8. The van der Waals surface area contributed by atoms with Crippen molar-refractivity contribution < 1.29 is 9.53 Å². The molecular formula is C11H14Cl2N2O2. The van der Waals surface area contributed by atoms with Crippen LogP contribution in [-0.4, -0.2) is 43.1 Å². The van der Waals surface area contributed by atoms with Crippen molar-refractivity contribution in [2.75, 3.05) is 27.3 Å². The third-order valence-corrected chi connectivity index (χ3v) is 2.72. The van der Waals surface area contributed by atoms with Gasteiger partial charge in [-0.3, -0.25) is 4.79 Å². The van der Waals surface area contributed by atoms with Gasteiger partial charge in [0.05, 0.1) is 5.02 Å². The largest absolute Gasteiger partial charge is 0.385 e. The lowest BCUT2D eigenvalue weighted by Gasteiger charge is -2.16. The summed E-state index contributed by atoms with van der Waals surface area (Å²) in [6, 6.07) is 3.11. The molecule has 6 heteroatoms. The first-order valence-corrected chi connectivity index (χ1v) is 5.88. The van der Waals surface area contributed by atoms with Gasteiger partial charge >= 0.3 is 0 Å². The van der Waals surface area contributed by atoms with Gasteiger partial charge in [-0.05, 0) is 18.6 Å². The Hall–Kier alpha value is -0.840. The van der Waals surface area contributed by atoms with E-state index in [-0.39, 0.29) is 16.8 Å². The van der Waals surface area contributed by atoms with Crippen molar-refractivity contribution in [3.63, 3.8) is 0 Å². The number of aromatic nitrogens is 1. The molecule has 0 unspecified atom stereocenters. The Morgan fingerprint density at radius 1 is 1.47 bits per heavy atom. The van der Waals surface area contributed by atoms with E-state index in [4.69, 9.17) is 27.9 Å². The van der Waals surface area contributed by atoms with Crippen molar-refractivity contribution in [3.8, 4) is 0 Å². The van der Waals surface area contributed by atoms with E-state index in [2.05, 4.69) is 4.98 Å². The number of methoxy groups -OCH3 is 1. The summed E-state index contributed by atoms with van der Waals surface area (Å²) in [5.41, 5.74) is 0.180. The van der Waals surface area contributed by atoms with Crippen molar-refractivity contribution in [3.05, 3.63) is 28.0 Å². The fourth-order valence-corrected chi connectivity index (χ4v) is 1.63. The molecule has 17 heavy (non-hydrogen) atoms. The molecule has 0 saturated heterocycles. The number of carbonyl (C=O) groups is 1. The van der Waals surface area contributed by atoms with Gasteiger partial charge < -0.3 is 9.64 Å². The predicted molar refractivity (Wildman–Crippen MR) is 67.7 cm³/mol. The molecule has 1 amide bonds. The van der Waals surface area contributed by atoms with Crippen LogP contribution in [0.25, 0.3) is 0 Å². The van der Waals surface area contributed by atoms with Crippen LogP contribution >= 0.6 is 23.2 Å². The van der Waals surface area contributed by atoms with Crippen molar-refractivity contribution in [1.29, 1.82) is 0 Å². The fourth-order valence-electron chi connectivity index (χ4n) is 1.30. The zero-order valence-corrected chi connectivity index (χ0v) is 11.3. The summed E-state index contributed by atoms with van der Waals surface area (Å²) in [6.45, 7) is 1.19. The molecule has 0 saturated carbocycles. The van der Waals surface area contributed by atoms with Gasteiger partial charge in [-0.15, -0.1) is 0 Å². The number of carbonyl (C=O) groups excluding carboxylic acids is 1. The third kappa shape index (κ3) is 4.15. The summed E-state index contributed by atoms with van der Waals surface area (Å²) in [5, 5.41) is 0.557. The Kier molecular flexibility index (Phi) is 5.68. The molecule has 1 aromatic heterocycles. The highest BCUT2D eigenvalue weighted by Crippen LogP contribution is 2.18. The average Bonchev–Trinajstić information content (AvgIpc) is 2.31. The molecule has 1 rings (SSSR count). The third-order valence-electron chi connectivity index (χ3n) is 2.20. The van der Waals surface area contributed by atoms with Gasteiger partial charge in [0.1, 0.15) is 10.8 Å². The topological polar surface area (TPSA) is 42.4 Å². The SMILES string of the molecule is COCCCN(C)C(=O)c1nc(Cl)ccc1Cl. The summed E-state index contributed by atoms with van der Waals surface area (Å²) < 4.78 is 4.92. The van der Waals surface area contributed by atoms with Gasteiger partial charge in [-0.25, -0.2) is 4.98 Å². The smallest absolute Gasteiger partial charge is 0.273 e. The maximum atomic E-state index is 12.0. The number of rotatable bonds is 5. The highest BCUT2D eigenvalue weighted by atomic mass is 35.5. The minimum atomic E-state index is -0.242. The van der Waals surface area contributed by atoms with E-state index in [1.807, 2.05) is 0 Å². The monoisotopic (exact) mass is 276 g/mol. The van der Waals surface area contributed by atoms with Crippen molar-refractivity contribution >= 4 is 29.1 Å². The summed E-state index contributed by atoms with van der Waals surface area (Å²) in [4.78, 5) is 17.5. The second-order valence-corrected chi connectivity index (χ2v) is 4.33. The zero-order valence-electron chi connectivity index (χ0n) is 9.74. The number of ether oxygens (including phenoxy) is 1. The van der Waals surface area contributed by atoms with Crippen LogP contribution in [0.2, 0.25) is 10.2 Å². The Morgan fingerprint density at radius 2 is 2.18 bits per heavy atom. The van der Waals surface area contributed by atoms with E-state index in [0.717, 1.165) is 6.42 Å². The number of amides is 1. The summed E-state index contributed by atoms with van der Waals surface area (Å²) >= 11 is 11.6. The number of hydrogen-bond acceptors (Lipinski definition) is 3. The highest BCUT2D eigenvalue weighted by Gasteiger charge is 2.16. The lowest BCUT2D eigenvalue weighted by molar-refractivity contribution is 0.0774. The van der Waals surface area contributed by atoms with Gasteiger partial charge in [-0.1, -0.05) is 23.2 Å². The minimum Gasteiger partial charge on any atom is -0.385 e. The molecule has 0 aliphatic carbocycles. The van der Waals surface area contributed by atoms with Gasteiger partial charge in [0, 0.05) is 27.3 Å². The van der Waals surface area contributed by atoms with E-state index in [0.29, 0.717) is 18.2 Å². The Bertz CT molecular complexity index is 399. The molecule has 0 aliphatic rings. The van der Waals surface area contributed by atoms with Crippen LogP contribution in [0.5, 0.6) is 0 Å². The summed E-state index contributed by atoms with van der Waals surface area (Å²) in [6.07, 6.45) is 0.761. The molecule has 0 radical (unpaired) electrons. The quantitative estimate of drug-likeness (QED) is 0.613. The Labute approximate surface area is 110 Å². The van der Waals surface area contributed by atoms with E-state index in [1.165, 1.54) is 0 Å². The lowest BCUT2D eigenvalue weighted by Crippen LogP contribution is -2.29. The van der Waals surface area contributed by atoms with Crippen molar-refractivity contribution in [1.82, 2.24) is 9.88 Å². The van der Waals surface area contributed by atoms with E-state index < -0.39 is 0 Å². The van der Waals surface area contributed by atoms with Crippen LogP contribution in [0.4, 0.5) is 0 Å². The van der Waals surface area contributed by atoms with Crippen molar-refractivity contribution in [2.45, 2.75) is 6.42 Å². The number of nitrogens with zero attached hydrogens (tertiary/aromatic N) is 2. The molecule has 0 aromatic carbocycles. The van der Waals surface area contributed by atoms with Crippen LogP contribution in [0.3, 0.4) is 0 Å². The fraction of sp³-hybridized carbons (Fsp3) is 0.455. The minimum absolute atomic E-state index is 0.180. The molecule has 1 heterocycles. The van der Waals surface area contributed by atoms with Crippen LogP contribution in [0, 0.1) is 0 Å². The molecule has 0 aliphatic heterocycles. The van der Waals surface area contributed by atoms with Crippen LogP contribution < -0.4 is 0 Å². The normalized spacial score (nSPS) is 10.4. The van der Waals surface area contributed by atoms with E-state index >= 15 is 0 Å². The average molecular weight is 277 g/mol. The van der Waals surface area contributed by atoms with E-state index in [1.54, 1.807) is 31.2 Å². The standard InChI is InChI=1S/C11H14Cl2N2O2/c1-15(6-3-7-17-2)11(16)10-8(12)4-5-9(13)14-10/h4-5H,3,6-7H2,1-2H3. The van der Waals surface area contributed by atoms with Gasteiger partial charge in [0.15, 0.2) is 0 Å². The molecule has 0 bridgehead atoms. The number of halogens is 2. The van der Waals surface area contributed by atoms with Crippen molar-refractivity contribution in [2.24, 2.45) is 0 Å². The summed E-state index contributed by atoms with van der Waals surface area (Å²) in [7, 11) is 3.31. The second-order valence-electron chi connectivity index (χ2n) is 3.54. The van der Waals surface area contributed by atoms with Gasteiger partial charge in [-0.2, -0.15) is 0 Å². The molecular weight excluding hydrogens is 263 g/mol. The molecule has 1 aromatic rings. The van der Waals surface area contributed by atoms with Crippen LogP contribution in [0.1, 0.15) is 16.9 Å². The number of pyridine rings is 1. The Morgan fingerprint density at radius 3 is 2.82 bits per heavy atom. The molecule has 4 nitrogen and oxygen atoms in total. The molecule has 0 atom stereocenters. The van der Waals surface area contributed by atoms with Crippen LogP contribution in [0.15, 0.2) is 12.1 Å². The van der Waals surface area contributed by atoms with Gasteiger partial charge in [0.2, 0.25) is 0 Å². The van der Waals surface area contributed by atoms with Crippen LogP contribution in [-0.2, 0) is 4.74 Å². The first-order chi connectivity index (χ1) is 8.06. The molecule has 0 N–H and O–H groups in total. The molecule has 0 spiro atoms. The maximum Gasteiger partial charge on any atom is 0.273 e. The molecule has 94 valence electrons. The first-order valence-electron chi connectivity index (χ1n) is 5.12. The first kappa shape index (κ1) is 14.2. The predicted octanol–water partition coefficient (Wildman–Crippen LogP) is 2.50. The highest BCUT2D eigenvalue weighted by molar-refractivity contribution is 6.34. The maximum absolute atomic E-state index is 12.0.